The maximum Gasteiger partial charge on any atom is 0.240 e. The predicted octanol–water partition coefficient (Wildman–Crippen LogP) is 1.24. The molecular formula is C12H17N3O3S. The van der Waals surface area contributed by atoms with Crippen LogP contribution in [0.15, 0.2) is 18.2 Å². The van der Waals surface area contributed by atoms with Gasteiger partial charge in [-0.25, -0.2) is 0 Å². The lowest BCUT2D eigenvalue weighted by Gasteiger charge is -2.10. The molecule has 0 aliphatic heterocycles. The molecular weight excluding hydrogens is 266 g/mol. The van der Waals surface area contributed by atoms with Crippen molar-refractivity contribution in [3.63, 3.8) is 0 Å². The molecule has 0 aliphatic carbocycles. The number of hydrogen-bond donors (Lipinski definition) is 2. The number of aromatic amines is 2. The lowest BCUT2D eigenvalue weighted by molar-refractivity contribution is 0.282. The van der Waals surface area contributed by atoms with E-state index in [4.69, 9.17) is 4.74 Å². The molecule has 1 aromatic heterocycles. The van der Waals surface area contributed by atoms with Crippen LogP contribution in [0.1, 0.15) is 6.42 Å². The largest absolute Gasteiger partial charge is 0.494 e. The van der Waals surface area contributed by atoms with Crippen LogP contribution < -0.4 is 4.74 Å². The molecule has 0 spiro atoms. The number of rotatable bonds is 5. The lowest BCUT2D eigenvalue weighted by atomic mass is 10.2. The summed E-state index contributed by atoms with van der Waals surface area (Å²) in [4.78, 5) is 2.09. The van der Waals surface area contributed by atoms with Crippen molar-refractivity contribution < 1.29 is 13.2 Å². The highest BCUT2D eigenvalue weighted by Gasteiger charge is 2.02. The fraction of sp³-hybridized carbons (Fsp3) is 0.417. The van der Waals surface area contributed by atoms with Crippen LogP contribution in [-0.2, 0) is 10.3 Å². The summed E-state index contributed by atoms with van der Waals surface area (Å²) in [6.45, 7) is 1.56. The van der Waals surface area contributed by atoms with Gasteiger partial charge < -0.3 is 9.64 Å². The molecule has 2 rings (SSSR count). The van der Waals surface area contributed by atoms with Crippen molar-refractivity contribution in [2.75, 3.05) is 27.2 Å². The zero-order chi connectivity index (χ0) is 13.8. The van der Waals surface area contributed by atoms with Crippen molar-refractivity contribution in [3.05, 3.63) is 22.8 Å². The number of aromatic nitrogens is 2. The summed E-state index contributed by atoms with van der Waals surface area (Å²) in [5.74, 6) is 0.672. The van der Waals surface area contributed by atoms with Crippen molar-refractivity contribution >= 4 is 21.2 Å². The van der Waals surface area contributed by atoms with Gasteiger partial charge in [0.1, 0.15) is 5.75 Å². The minimum atomic E-state index is -2.29. The van der Waals surface area contributed by atoms with E-state index in [9.17, 15) is 8.42 Å². The fourth-order valence-electron chi connectivity index (χ4n) is 1.80. The highest BCUT2D eigenvalue weighted by molar-refractivity contribution is 7.64. The van der Waals surface area contributed by atoms with Gasteiger partial charge in [-0.15, -0.1) is 0 Å². The second-order valence-electron chi connectivity index (χ2n) is 4.53. The summed E-state index contributed by atoms with van der Waals surface area (Å²) >= 11 is 0. The van der Waals surface area contributed by atoms with Gasteiger partial charge in [-0.2, -0.15) is 8.42 Å². The Bertz CT molecular complexity index is 720. The van der Waals surface area contributed by atoms with Gasteiger partial charge >= 0.3 is 0 Å². The Balaban J connectivity index is 2.17. The van der Waals surface area contributed by atoms with Gasteiger partial charge in [0.05, 0.1) is 12.1 Å². The Morgan fingerprint density at radius 1 is 1.26 bits per heavy atom. The normalized spacial score (nSPS) is 11.1. The molecule has 0 unspecified atom stereocenters. The molecule has 1 aromatic carbocycles. The van der Waals surface area contributed by atoms with Crippen LogP contribution >= 0.6 is 0 Å². The number of nitrogens with zero attached hydrogens (tertiary/aromatic N) is 1. The molecule has 0 radical (unpaired) electrons. The van der Waals surface area contributed by atoms with Gasteiger partial charge in [-0.05, 0) is 38.7 Å². The summed E-state index contributed by atoms with van der Waals surface area (Å²) in [5, 5.41) is 6.03. The van der Waals surface area contributed by atoms with Crippen LogP contribution in [0.4, 0.5) is 0 Å². The first-order chi connectivity index (χ1) is 9.08. The highest BCUT2D eigenvalue weighted by Crippen LogP contribution is 2.19. The third-order valence-electron chi connectivity index (χ3n) is 2.73. The minimum Gasteiger partial charge on any atom is -0.494 e. The molecule has 0 saturated heterocycles. The third kappa shape index (κ3) is 3.39. The molecule has 0 aliphatic rings. The van der Waals surface area contributed by atoms with Gasteiger partial charge in [0.2, 0.25) is 10.3 Å². The first-order valence-electron chi connectivity index (χ1n) is 5.98. The van der Waals surface area contributed by atoms with Gasteiger partial charge in [-0.1, -0.05) is 0 Å². The molecule has 0 saturated carbocycles. The van der Waals surface area contributed by atoms with Gasteiger partial charge in [0, 0.05) is 11.9 Å². The number of benzene rings is 1. The second-order valence-corrected chi connectivity index (χ2v) is 5.40. The summed E-state index contributed by atoms with van der Waals surface area (Å²) in [6.07, 6.45) is 0.921. The highest BCUT2D eigenvalue weighted by atomic mass is 32.2. The van der Waals surface area contributed by atoms with Crippen molar-refractivity contribution in [3.8, 4) is 5.75 Å². The maximum atomic E-state index is 11.0. The molecule has 7 heteroatoms. The van der Waals surface area contributed by atoms with E-state index in [0.717, 1.165) is 18.5 Å². The summed E-state index contributed by atoms with van der Waals surface area (Å²) in [7, 11) is 1.73. The first kappa shape index (κ1) is 13.7. The van der Waals surface area contributed by atoms with Crippen LogP contribution in [0, 0.1) is 4.64 Å². The Kier molecular flexibility index (Phi) is 4.28. The van der Waals surface area contributed by atoms with E-state index >= 15 is 0 Å². The lowest BCUT2D eigenvalue weighted by Crippen LogP contribution is -2.15. The van der Waals surface area contributed by atoms with Crippen LogP contribution in [-0.4, -0.2) is 50.8 Å². The second kappa shape index (κ2) is 5.94. The van der Waals surface area contributed by atoms with E-state index in [1.807, 2.05) is 20.2 Å². The number of ether oxygens (including phenoxy) is 1. The molecule has 0 amide bonds. The molecule has 19 heavy (non-hydrogen) atoms. The van der Waals surface area contributed by atoms with Crippen LogP contribution in [0.3, 0.4) is 0 Å². The van der Waals surface area contributed by atoms with Crippen molar-refractivity contribution in [1.82, 2.24) is 15.1 Å². The molecule has 2 aromatic rings. The van der Waals surface area contributed by atoms with Gasteiger partial charge in [-0.3, -0.25) is 10.2 Å². The monoisotopic (exact) mass is 283 g/mol. The van der Waals surface area contributed by atoms with Crippen molar-refractivity contribution in [1.29, 1.82) is 0 Å². The fourth-order valence-corrected chi connectivity index (χ4v) is 2.29. The minimum absolute atomic E-state index is 0.147. The average Bonchev–Trinajstić information content (AvgIpc) is 2.77. The Labute approximate surface area is 112 Å². The quantitative estimate of drug-likeness (QED) is 0.639. The van der Waals surface area contributed by atoms with Crippen LogP contribution in [0.5, 0.6) is 5.75 Å². The van der Waals surface area contributed by atoms with E-state index in [1.54, 1.807) is 12.1 Å². The van der Waals surface area contributed by atoms with Gasteiger partial charge in [0.15, 0.2) is 4.64 Å². The van der Waals surface area contributed by atoms with E-state index in [1.165, 1.54) is 0 Å². The zero-order valence-electron chi connectivity index (χ0n) is 10.9. The van der Waals surface area contributed by atoms with Crippen molar-refractivity contribution in [2.24, 2.45) is 0 Å². The first-order valence-corrected chi connectivity index (χ1v) is 7.05. The van der Waals surface area contributed by atoms with E-state index < -0.39 is 10.3 Å². The van der Waals surface area contributed by atoms with Gasteiger partial charge in [0.25, 0.3) is 0 Å². The van der Waals surface area contributed by atoms with Crippen LogP contribution in [0.25, 0.3) is 10.9 Å². The predicted molar refractivity (Wildman–Crippen MR) is 73.5 cm³/mol. The number of nitrogens with one attached hydrogen (secondary N) is 2. The average molecular weight is 283 g/mol. The number of H-pyrrole nitrogens is 2. The topological polar surface area (TPSA) is 78.2 Å². The molecule has 1 heterocycles. The third-order valence-corrected chi connectivity index (χ3v) is 3.39. The molecule has 0 atom stereocenters. The van der Waals surface area contributed by atoms with E-state index in [2.05, 4.69) is 15.1 Å². The van der Waals surface area contributed by atoms with Crippen molar-refractivity contribution in [2.45, 2.75) is 6.42 Å². The SMILES string of the molecule is CN(C)CCCOc1ccc2[nH][nH]c(=S(=O)=O)c2c1. The number of hydrogen-bond acceptors (Lipinski definition) is 4. The van der Waals surface area contributed by atoms with E-state index in [0.29, 0.717) is 17.7 Å². The van der Waals surface area contributed by atoms with Crippen LogP contribution in [0.2, 0.25) is 0 Å². The summed E-state index contributed by atoms with van der Waals surface area (Å²) in [5.41, 5.74) is 0.736. The van der Waals surface area contributed by atoms with E-state index in [-0.39, 0.29) is 4.64 Å². The molecule has 0 fully saturated rings. The standard InChI is InChI=1S/C12H17N3O3S/c1-15(2)6-3-7-18-9-4-5-11-10(8-9)12(14-13-11)19(16)17/h4-5,8,13-14H,3,6-7H2,1-2H3. The Hall–Kier alpha value is -1.73. The molecule has 2 N–H and O–H groups in total. The maximum absolute atomic E-state index is 11.0. The smallest absolute Gasteiger partial charge is 0.240 e. The molecule has 104 valence electrons. The zero-order valence-corrected chi connectivity index (χ0v) is 11.8. The summed E-state index contributed by atoms with van der Waals surface area (Å²) in [6, 6.07) is 5.34. The Morgan fingerprint density at radius 3 is 2.74 bits per heavy atom. The molecule has 0 bridgehead atoms. The number of fused-ring (bicyclic) bond motifs is 1. The Morgan fingerprint density at radius 2 is 2.05 bits per heavy atom. The summed E-state index contributed by atoms with van der Waals surface area (Å²) < 4.78 is 27.8. The molecule has 6 nitrogen and oxygen atoms in total.